The molecule has 1 saturated heterocycles. The second kappa shape index (κ2) is 10.7. The third kappa shape index (κ3) is 6.73. The van der Waals surface area contributed by atoms with Gasteiger partial charge in [0.05, 0.1) is 13.2 Å². The van der Waals surface area contributed by atoms with Crippen LogP contribution in [0.3, 0.4) is 0 Å². The number of halogens is 1. The van der Waals surface area contributed by atoms with Crippen molar-refractivity contribution in [3.63, 3.8) is 0 Å². The largest absolute Gasteiger partial charge is 0.379 e. The van der Waals surface area contributed by atoms with Gasteiger partial charge in [0.2, 0.25) is 5.91 Å². The zero-order valence-electron chi connectivity index (χ0n) is 15.7. The molecule has 1 aromatic carbocycles. The molecule has 7 nitrogen and oxygen atoms in total. The molecule has 0 saturated carbocycles. The number of amides is 1. The minimum Gasteiger partial charge on any atom is -0.379 e. The fraction of sp³-hybridized carbons (Fsp3) is 0.556. The predicted octanol–water partition coefficient (Wildman–Crippen LogP) is 1.18. The molecule has 1 aliphatic heterocycles. The van der Waals surface area contributed by atoms with Crippen molar-refractivity contribution in [2.45, 2.75) is 25.9 Å². The molecule has 0 bridgehead atoms. The van der Waals surface area contributed by atoms with Crippen LogP contribution in [-0.4, -0.2) is 62.2 Å². The highest BCUT2D eigenvalue weighted by atomic mass is 127. The zero-order chi connectivity index (χ0) is 18.3. The highest BCUT2D eigenvalue weighted by Crippen LogP contribution is 2.15. The van der Waals surface area contributed by atoms with Crippen molar-refractivity contribution in [2.24, 2.45) is 10.7 Å². The first-order chi connectivity index (χ1) is 11.9. The third-order valence-electron chi connectivity index (χ3n) is 4.48. The number of benzene rings is 1. The summed E-state index contributed by atoms with van der Waals surface area (Å²) >= 11 is 0. The van der Waals surface area contributed by atoms with Gasteiger partial charge in [0, 0.05) is 44.3 Å². The maximum atomic E-state index is 11.1. The van der Waals surface area contributed by atoms with Gasteiger partial charge >= 0.3 is 0 Å². The van der Waals surface area contributed by atoms with Gasteiger partial charge in [0.1, 0.15) is 0 Å². The molecule has 8 heteroatoms. The summed E-state index contributed by atoms with van der Waals surface area (Å²) in [4.78, 5) is 17.8. The Morgan fingerprint density at radius 3 is 2.38 bits per heavy atom. The van der Waals surface area contributed by atoms with E-state index in [-0.39, 0.29) is 29.5 Å². The van der Waals surface area contributed by atoms with Crippen molar-refractivity contribution in [3.05, 3.63) is 35.4 Å². The number of aliphatic imine (C=N–C) groups is 1. The SMILES string of the molecule is CN=C(NCc1ccc(C(N)=O)cc1)NCC(C)(C)N1CCOCC1.I. The molecule has 1 fully saturated rings. The molecule has 0 unspecified atom stereocenters. The number of primary amides is 1. The lowest BCUT2D eigenvalue weighted by Crippen LogP contribution is -2.56. The molecule has 146 valence electrons. The lowest BCUT2D eigenvalue weighted by Gasteiger charge is -2.41. The fourth-order valence-electron chi connectivity index (χ4n) is 2.77. The van der Waals surface area contributed by atoms with Crippen molar-refractivity contribution >= 4 is 35.8 Å². The fourth-order valence-corrected chi connectivity index (χ4v) is 2.77. The Morgan fingerprint density at radius 2 is 1.85 bits per heavy atom. The molecular weight excluding hydrogens is 445 g/mol. The topological polar surface area (TPSA) is 92.0 Å². The molecule has 2 rings (SSSR count). The normalized spacial score (nSPS) is 15.9. The smallest absolute Gasteiger partial charge is 0.248 e. The van der Waals surface area contributed by atoms with Gasteiger partial charge in [0.15, 0.2) is 5.96 Å². The highest BCUT2D eigenvalue weighted by molar-refractivity contribution is 14.0. The van der Waals surface area contributed by atoms with E-state index in [0.29, 0.717) is 12.1 Å². The number of hydrogen-bond acceptors (Lipinski definition) is 4. The number of guanidine groups is 1. The molecule has 1 aliphatic rings. The summed E-state index contributed by atoms with van der Waals surface area (Å²) in [6.07, 6.45) is 0. The van der Waals surface area contributed by atoms with E-state index in [1.54, 1.807) is 19.2 Å². The Labute approximate surface area is 172 Å². The van der Waals surface area contributed by atoms with Crippen molar-refractivity contribution in [2.75, 3.05) is 39.9 Å². The number of carbonyl (C=O) groups is 1. The molecule has 0 radical (unpaired) electrons. The number of rotatable bonds is 6. The van der Waals surface area contributed by atoms with E-state index < -0.39 is 5.91 Å². The van der Waals surface area contributed by atoms with Crippen molar-refractivity contribution in [1.29, 1.82) is 0 Å². The molecule has 0 atom stereocenters. The van der Waals surface area contributed by atoms with E-state index >= 15 is 0 Å². The number of nitrogens with zero attached hydrogens (tertiary/aromatic N) is 2. The Bertz CT molecular complexity index is 598. The maximum absolute atomic E-state index is 11.1. The lowest BCUT2D eigenvalue weighted by molar-refractivity contribution is -0.00834. The second-order valence-corrected chi connectivity index (χ2v) is 6.75. The van der Waals surface area contributed by atoms with E-state index in [9.17, 15) is 4.79 Å². The molecule has 1 amide bonds. The van der Waals surface area contributed by atoms with Crippen LogP contribution in [0.5, 0.6) is 0 Å². The van der Waals surface area contributed by atoms with Gasteiger partial charge in [0.25, 0.3) is 0 Å². The number of nitrogens with two attached hydrogens (primary N) is 1. The molecule has 0 spiro atoms. The van der Waals surface area contributed by atoms with Crippen molar-refractivity contribution < 1.29 is 9.53 Å². The Balaban J connectivity index is 0.00000338. The minimum atomic E-state index is -0.415. The average Bonchev–Trinajstić information content (AvgIpc) is 2.63. The Hall–Kier alpha value is -1.39. The molecule has 0 aliphatic carbocycles. The van der Waals surface area contributed by atoms with Crippen LogP contribution in [-0.2, 0) is 11.3 Å². The first-order valence-corrected chi connectivity index (χ1v) is 8.58. The molecule has 4 N–H and O–H groups in total. The van der Waals surface area contributed by atoms with Crippen LogP contribution in [0.4, 0.5) is 0 Å². The summed E-state index contributed by atoms with van der Waals surface area (Å²) in [5, 5.41) is 6.68. The standard InChI is InChI=1S/C18H29N5O2.HI/c1-18(2,23-8-10-25-11-9-23)13-22-17(20-3)21-12-14-4-6-15(7-5-14)16(19)24;/h4-7H,8-13H2,1-3H3,(H2,19,24)(H2,20,21,22);1H. The summed E-state index contributed by atoms with van der Waals surface area (Å²) in [5.41, 5.74) is 6.84. The first-order valence-electron chi connectivity index (χ1n) is 8.58. The summed E-state index contributed by atoms with van der Waals surface area (Å²) in [7, 11) is 1.76. The summed E-state index contributed by atoms with van der Waals surface area (Å²) in [5.74, 6) is 0.336. The van der Waals surface area contributed by atoms with Crippen LogP contribution in [0.15, 0.2) is 29.3 Å². The Kier molecular flexibility index (Phi) is 9.31. The van der Waals surface area contributed by atoms with Gasteiger partial charge in [-0.1, -0.05) is 12.1 Å². The summed E-state index contributed by atoms with van der Waals surface area (Å²) < 4.78 is 5.43. The zero-order valence-corrected chi connectivity index (χ0v) is 18.1. The van der Waals surface area contributed by atoms with E-state index in [0.717, 1.165) is 44.4 Å². The van der Waals surface area contributed by atoms with Gasteiger partial charge < -0.3 is 21.1 Å². The van der Waals surface area contributed by atoms with Crippen LogP contribution >= 0.6 is 24.0 Å². The van der Waals surface area contributed by atoms with Gasteiger partial charge in [-0.2, -0.15) is 0 Å². The number of ether oxygens (including phenoxy) is 1. The van der Waals surface area contributed by atoms with Gasteiger partial charge in [-0.3, -0.25) is 14.7 Å². The summed E-state index contributed by atoms with van der Waals surface area (Å²) in [6, 6.07) is 7.24. The van der Waals surface area contributed by atoms with E-state index in [4.69, 9.17) is 10.5 Å². The average molecular weight is 475 g/mol. The van der Waals surface area contributed by atoms with Crippen LogP contribution in [0, 0.1) is 0 Å². The molecular formula is C18H30IN5O2. The highest BCUT2D eigenvalue weighted by Gasteiger charge is 2.28. The molecule has 26 heavy (non-hydrogen) atoms. The van der Waals surface area contributed by atoms with Gasteiger partial charge in [-0.15, -0.1) is 24.0 Å². The second-order valence-electron chi connectivity index (χ2n) is 6.75. The molecule has 1 aromatic rings. The maximum Gasteiger partial charge on any atom is 0.248 e. The van der Waals surface area contributed by atoms with Crippen LogP contribution < -0.4 is 16.4 Å². The quantitative estimate of drug-likeness (QED) is 0.327. The van der Waals surface area contributed by atoms with Crippen LogP contribution in [0.1, 0.15) is 29.8 Å². The van der Waals surface area contributed by atoms with E-state index in [2.05, 4.69) is 34.4 Å². The van der Waals surface area contributed by atoms with Gasteiger partial charge in [-0.05, 0) is 31.5 Å². The van der Waals surface area contributed by atoms with E-state index in [1.807, 2.05) is 12.1 Å². The summed E-state index contributed by atoms with van der Waals surface area (Å²) in [6.45, 7) is 9.33. The predicted molar refractivity (Wildman–Crippen MR) is 115 cm³/mol. The molecule has 0 aromatic heterocycles. The number of morpholine rings is 1. The lowest BCUT2D eigenvalue weighted by atomic mass is 10.0. The number of hydrogen-bond donors (Lipinski definition) is 3. The third-order valence-corrected chi connectivity index (χ3v) is 4.48. The van der Waals surface area contributed by atoms with E-state index in [1.165, 1.54) is 0 Å². The number of carbonyl (C=O) groups excluding carboxylic acids is 1. The van der Waals surface area contributed by atoms with Crippen LogP contribution in [0.2, 0.25) is 0 Å². The van der Waals surface area contributed by atoms with Crippen molar-refractivity contribution in [3.8, 4) is 0 Å². The van der Waals surface area contributed by atoms with Gasteiger partial charge in [-0.25, -0.2) is 0 Å². The van der Waals surface area contributed by atoms with Crippen LogP contribution in [0.25, 0.3) is 0 Å². The Morgan fingerprint density at radius 1 is 1.23 bits per heavy atom. The monoisotopic (exact) mass is 475 g/mol. The minimum absolute atomic E-state index is 0. The first kappa shape index (κ1) is 22.7. The molecule has 1 heterocycles. The number of nitrogens with one attached hydrogen (secondary N) is 2. The van der Waals surface area contributed by atoms with Crippen molar-refractivity contribution in [1.82, 2.24) is 15.5 Å².